The Morgan fingerprint density at radius 3 is 2.28 bits per heavy atom. The van der Waals surface area contributed by atoms with Gasteiger partial charge in [0, 0.05) is 59.4 Å². The Morgan fingerprint density at radius 2 is 1.66 bits per heavy atom. The maximum Gasteiger partial charge on any atom is 0.410 e. The minimum Gasteiger partial charge on any atom is -0.444 e. The second kappa shape index (κ2) is 13.0. The van der Waals surface area contributed by atoms with Crippen LogP contribution in [0.5, 0.6) is 0 Å². The highest BCUT2D eigenvalue weighted by Crippen LogP contribution is 2.42. The van der Waals surface area contributed by atoms with Crippen molar-refractivity contribution in [3.05, 3.63) is 30.2 Å². The molecular weight excluding hydrogens is 600 g/mol. The minimum absolute atomic E-state index is 0.0572. The number of nitrogens with zero attached hydrogens (tertiary/aromatic N) is 8. The standard InChI is InChI=1S/C33H48N10O4/c1-32(2,3)47-31(46)41-16-11-33(12-17-41)9-14-40(15-10-33)25-8-7-23(20-35-25)37-29-27(28(34)44)36-21-26(38-29)42-13-5-6-24(22-42)43-19-18-39(4)30(43)45/h7-8,20-21,24H,5-6,9-19,22H2,1-4H3,(H2,34,44)(H,37,38)/t24-/m1/s1. The van der Waals surface area contributed by atoms with Crippen LogP contribution in [0, 0.1) is 5.41 Å². The summed E-state index contributed by atoms with van der Waals surface area (Å²) in [4.78, 5) is 61.2. The van der Waals surface area contributed by atoms with Crippen molar-refractivity contribution in [1.29, 1.82) is 0 Å². The molecule has 1 atom stereocenters. The third-order valence-corrected chi connectivity index (χ3v) is 10.0. The van der Waals surface area contributed by atoms with Crippen molar-refractivity contribution in [2.45, 2.75) is 70.9 Å². The number of hydrogen-bond acceptors (Lipinski definition) is 10. The highest BCUT2D eigenvalue weighted by molar-refractivity contribution is 5.96. The van der Waals surface area contributed by atoms with Crippen LogP contribution >= 0.6 is 0 Å². The lowest BCUT2D eigenvalue weighted by atomic mass is 9.71. The van der Waals surface area contributed by atoms with E-state index in [2.05, 4.69) is 20.1 Å². The fourth-order valence-electron chi connectivity index (χ4n) is 7.21. The molecule has 1 spiro atoms. The van der Waals surface area contributed by atoms with Crippen molar-refractivity contribution in [3.63, 3.8) is 0 Å². The van der Waals surface area contributed by atoms with E-state index in [0.717, 1.165) is 90.2 Å². The van der Waals surface area contributed by atoms with Gasteiger partial charge in [-0.1, -0.05) is 0 Å². The Morgan fingerprint density at radius 1 is 0.936 bits per heavy atom. The molecule has 14 nitrogen and oxygen atoms in total. The zero-order chi connectivity index (χ0) is 33.3. The van der Waals surface area contributed by atoms with Gasteiger partial charge < -0.3 is 40.3 Å². The minimum atomic E-state index is -0.669. The first-order valence-electron chi connectivity index (χ1n) is 16.8. The second-order valence-corrected chi connectivity index (χ2v) is 14.4. The molecule has 47 heavy (non-hydrogen) atoms. The van der Waals surface area contributed by atoms with Gasteiger partial charge in [0.15, 0.2) is 11.5 Å². The van der Waals surface area contributed by atoms with Crippen LogP contribution < -0.4 is 20.9 Å². The number of pyridine rings is 1. The van der Waals surface area contributed by atoms with E-state index in [1.807, 2.05) is 49.8 Å². The van der Waals surface area contributed by atoms with Gasteiger partial charge in [-0.05, 0) is 76.8 Å². The first-order valence-corrected chi connectivity index (χ1v) is 16.8. The van der Waals surface area contributed by atoms with Crippen LogP contribution in [0.2, 0.25) is 0 Å². The third kappa shape index (κ3) is 7.31. The van der Waals surface area contributed by atoms with E-state index in [0.29, 0.717) is 18.1 Å². The number of likely N-dealkylation sites (tertiary alicyclic amines) is 1. The van der Waals surface area contributed by atoms with E-state index in [-0.39, 0.29) is 35.1 Å². The number of aromatic nitrogens is 3. The number of carbonyl (C=O) groups excluding carboxylic acids is 3. The number of likely N-dealkylation sites (N-methyl/N-ethyl adjacent to an activating group) is 1. The molecule has 4 saturated heterocycles. The van der Waals surface area contributed by atoms with Crippen LogP contribution in [0.4, 0.5) is 32.7 Å². The van der Waals surface area contributed by atoms with E-state index in [9.17, 15) is 14.4 Å². The zero-order valence-electron chi connectivity index (χ0n) is 28.1. The summed E-state index contributed by atoms with van der Waals surface area (Å²) in [6.45, 7) is 11.9. The first kappa shape index (κ1) is 32.6. The van der Waals surface area contributed by atoms with Gasteiger partial charge in [-0.15, -0.1) is 0 Å². The van der Waals surface area contributed by atoms with Gasteiger partial charge in [-0.25, -0.2) is 24.5 Å². The number of ether oxygens (including phenoxy) is 1. The molecule has 14 heteroatoms. The summed E-state index contributed by atoms with van der Waals surface area (Å²) in [6.07, 6.45) is 9.07. The lowest BCUT2D eigenvalue weighted by Crippen LogP contribution is -2.49. The van der Waals surface area contributed by atoms with Crippen LogP contribution in [-0.2, 0) is 4.74 Å². The number of primary amides is 1. The average molecular weight is 649 g/mol. The summed E-state index contributed by atoms with van der Waals surface area (Å²) in [6, 6.07) is 4.07. The first-order chi connectivity index (χ1) is 22.4. The topological polar surface area (TPSA) is 153 Å². The van der Waals surface area contributed by atoms with Crippen molar-refractivity contribution < 1.29 is 19.1 Å². The number of nitrogens with two attached hydrogens (primary N) is 1. The number of nitrogens with one attached hydrogen (secondary N) is 1. The van der Waals surface area contributed by atoms with Gasteiger partial charge in [0.25, 0.3) is 5.91 Å². The Kier molecular flexibility index (Phi) is 9.03. The molecule has 0 aromatic carbocycles. The van der Waals surface area contributed by atoms with Gasteiger partial charge >= 0.3 is 12.1 Å². The van der Waals surface area contributed by atoms with Crippen LogP contribution in [0.3, 0.4) is 0 Å². The molecule has 4 aliphatic rings. The molecule has 4 aliphatic heterocycles. The van der Waals surface area contributed by atoms with Gasteiger partial charge in [0.1, 0.15) is 17.2 Å². The molecule has 4 amide bonds. The van der Waals surface area contributed by atoms with Crippen molar-refractivity contribution in [2.75, 3.05) is 74.5 Å². The van der Waals surface area contributed by atoms with Gasteiger partial charge in [0.05, 0.1) is 24.1 Å². The van der Waals surface area contributed by atoms with Crippen LogP contribution in [-0.4, -0.2) is 119 Å². The summed E-state index contributed by atoms with van der Waals surface area (Å²) in [7, 11) is 1.83. The Hall–Kier alpha value is -4.36. The normalized spacial score (nSPS) is 21.7. The Balaban J connectivity index is 1.06. The van der Waals surface area contributed by atoms with Gasteiger partial charge in [-0.2, -0.15) is 0 Å². The molecule has 6 heterocycles. The monoisotopic (exact) mass is 648 g/mol. The molecule has 0 saturated carbocycles. The summed E-state index contributed by atoms with van der Waals surface area (Å²) in [5, 5.41) is 3.22. The summed E-state index contributed by atoms with van der Waals surface area (Å²) in [5.74, 6) is 1.14. The summed E-state index contributed by atoms with van der Waals surface area (Å²) >= 11 is 0. The predicted octanol–water partition coefficient (Wildman–Crippen LogP) is 3.67. The number of urea groups is 1. The van der Waals surface area contributed by atoms with Gasteiger partial charge in [0.2, 0.25) is 0 Å². The number of piperidine rings is 3. The number of carbonyl (C=O) groups is 3. The summed E-state index contributed by atoms with van der Waals surface area (Å²) in [5.41, 5.74) is 6.16. The van der Waals surface area contributed by atoms with Crippen LogP contribution in [0.25, 0.3) is 0 Å². The highest BCUT2D eigenvalue weighted by atomic mass is 16.6. The predicted molar refractivity (Wildman–Crippen MR) is 179 cm³/mol. The molecule has 0 bridgehead atoms. The number of amides is 4. The van der Waals surface area contributed by atoms with E-state index >= 15 is 0 Å². The lowest BCUT2D eigenvalue weighted by Gasteiger charge is -2.47. The average Bonchev–Trinajstić information content (AvgIpc) is 3.38. The fraction of sp³-hybridized carbons (Fsp3) is 0.636. The van der Waals surface area contributed by atoms with E-state index in [4.69, 9.17) is 20.4 Å². The molecule has 3 N–H and O–H groups in total. The van der Waals surface area contributed by atoms with Crippen molar-refractivity contribution in [1.82, 2.24) is 29.7 Å². The molecule has 6 rings (SSSR count). The Bertz CT molecular complexity index is 1460. The largest absolute Gasteiger partial charge is 0.444 e. The maximum atomic E-state index is 12.6. The molecule has 2 aromatic heterocycles. The second-order valence-electron chi connectivity index (χ2n) is 14.4. The van der Waals surface area contributed by atoms with E-state index in [1.165, 1.54) is 0 Å². The highest BCUT2D eigenvalue weighted by Gasteiger charge is 2.40. The number of hydrogen-bond donors (Lipinski definition) is 2. The van der Waals surface area contributed by atoms with Crippen molar-refractivity contribution in [2.24, 2.45) is 11.1 Å². The molecule has 4 fully saturated rings. The molecule has 2 aromatic rings. The molecule has 0 aliphatic carbocycles. The molecule has 254 valence electrons. The van der Waals surface area contributed by atoms with Gasteiger partial charge in [-0.3, -0.25) is 4.79 Å². The van der Waals surface area contributed by atoms with Crippen molar-refractivity contribution in [3.8, 4) is 0 Å². The Labute approximate surface area is 276 Å². The quantitative estimate of drug-likeness (QED) is 0.475. The summed E-state index contributed by atoms with van der Waals surface area (Å²) < 4.78 is 5.57. The zero-order valence-corrected chi connectivity index (χ0v) is 28.1. The van der Waals surface area contributed by atoms with Crippen LogP contribution in [0.15, 0.2) is 24.5 Å². The van der Waals surface area contributed by atoms with Crippen LogP contribution in [0.1, 0.15) is 69.8 Å². The SMILES string of the molecule is CN1CCN([C@@H]2CCCN(c3cnc(C(N)=O)c(Nc4ccc(N5CCC6(CCN(C(=O)OC(C)(C)C)CC6)CC5)nc4)n3)C2)C1=O. The fourth-order valence-corrected chi connectivity index (χ4v) is 7.21. The maximum absolute atomic E-state index is 12.6. The third-order valence-electron chi connectivity index (χ3n) is 10.0. The van der Waals surface area contributed by atoms with Crippen molar-refractivity contribution >= 4 is 41.2 Å². The lowest BCUT2D eigenvalue weighted by molar-refractivity contribution is 0.00663. The van der Waals surface area contributed by atoms with E-state index < -0.39 is 11.5 Å². The molecule has 0 unspecified atom stereocenters. The molecular formula is C33H48N10O4. The number of anilines is 4. The molecule has 0 radical (unpaired) electrons. The van der Waals surface area contributed by atoms with E-state index in [1.54, 1.807) is 17.3 Å². The smallest absolute Gasteiger partial charge is 0.410 e. The number of rotatable bonds is 6.